The smallest absolute Gasteiger partial charge is 0.120 e. The molecular weight excluding hydrogens is 194 g/mol. The molecule has 1 rings (SSSR count). The zero-order chi connectivity index (χ0) is 10.4. The van der Waals surface area contributed by atoms with Crippen molar-refractivity contribution in [3.05, 3.63) is 18.2 Å². The van der Waals surface area contributed by atoms with Crippen molar-refractivity contribution in [1.29, 1.82) is 0 Å². The fourth-order valence-electron chi connectivity index (χ4n) is 0.987. The molecule has 2 nitrogen and oxygen atoms in total. The van der Waals surface area contributed by atoms with Gasteiger partial charge in [-0.3, -0.25) is 0 Å². The molecule has 1 aromatic rings. The molecule has 0 fully saturated rings. The zero-order valence-electron chi connectivity index (χ0n) is 8.12. The van der Waals surface area contributed by atoms with Crippen LogP contribution in [0.3, 0.4) is 0 Å². The number of benzene rings is 1. The summed E-state index contributed by atoms with van der Waals surface area (Å²) in [5.74, 6) is 4.30. The van der Waals surface area contributed by atoms with Crippen molar-refractivity contribution in [2.45, 2.75) is 11.3 Å². The van der Waals surface area contributed by atoms with Gasteiger partial charge >= 0.3 is 0 Å². The molecule has 0 heterocycles. The van der Waals surface area contributed by atoms with Crippen LogP contribution in [0, 0.1) is 12.3 Å². The summed E-state index contributed by atoms with van der Waals surface area (Å²) in [7, 11) is 1.64. The normalized spacial score (nSPS) is 9.43. The molecule has 2 N–H and O–H groups in total. The third kappa shape index (κ3) is 2.90. The monoisotopic (exact) mass is 207 g/mol. The van der Waals surface area contributed by atoms with E-state index < -0.39 is 0 Å². The Kier molecular flexibility index (Phi) is 4.21. The molecule has 0 amide bonds. The van der Waals surface area contributed by atoms with Gasteiger partial charge in [-0.05, 0) is 18.2 Å². The van der Waals surface area contributed by atoms with Gasteiger partial charge in [-0.15, -0.1) is 24.1 Å². The van der Waals surface area contributed by atoms with Crippen LogP contribution in [0.25, 0.3) is 0 Å². The number of hydrogen-bond acceptors (Lipinski definition) is 3. The number of thioether (sulfide) groups is 1. The van der Waals surface area contributed by atoms with Crippen LogP contribution >= 0.6 is 11.8 Å². The molecule has 0 aliphatic rings. The van der Waals surface area contributed by atoms with Crippen molar-refractivity contribution in [2.75, 3.05) is 18.6 Å². The van der Waals surface area contributed by atoms with E-state index in [9.17, 15) is 0 Å². The van der Waals surface area contributed by atoms with E-state index in [0.29, 0.717) is 0 Å². The molecule has 1 aromatic carbocycles. The second kappa shape index (κ2) is 5.46. The highest BCUT2D eigenvalue weighted by atomic mass is 32.2. The van der Waals surface area contributed by atoms with E-state index >= 15 is 0 Å². The van der Waals surface area contributed by atoms with Gasteiger partial charge in [-0.2, -0.15) is 0 Å². The third-order valence-corrected chi connectivity index (χ3v) is 2.80. The maximum absolute atomic E-state index is 5.80. The van der Waals surface area contributed by atoms with Crippen LogP contribution in [0.1, 0.15) is 6.42 Å². The standard InChI is InChI=1S/C11H13NOS/c1-3-4-7-14-11-8-9(13-2)5-6-10(11)12/h1,5-6,8H,4,7,12H2,2H3. The van der Waals surface area contributed by atoms with Gasteiger partial charge in [-0.1, -0.05) is 0 Å². The van der Waals surface area contributed by atoms with Gasteiger partial charge in [0.1, 0.15) is 5.75 Å². The Labute approximate surface area is 88.8 Å². The van der Waals surface area contributed by atoms with Crippen LogP contribution < -0.4 is 10.5 Å². The van der Waals surface area contributed by atoms with E-state index in [1.54, 1.807) is 18.9 Å². The number of anilines is 1. The highest BCUT2D eigenvalue weighted by Gasteiger charge is 2.01. The lowest BCUT2D eigenvalue weighted by Crippen LogP contribution is -1.91. The molecule has 0 aliphatic heterocycles. The topological polar surface area (TPSA) is 35.2 Å². The van der Waals surface area contributed by atoms with Gasteiger partial charge in [0.25, 0.3) is 0 Å². The first-order chi connectivity index (χ1) is 6.77. The minimum atomic E-state index is 0.751. The number of nitrogens with two attached hydrogens (primary N) is 1. The van der Waals surface area contributed by atoms with E-state index in [4.69, 9.17) is 16.9 Å². The van der Waals surface area contributed by atoms with Crippen LogP contribution in [0.4, 0.5) is 5.69 Å². The van der Waals surface area contributed by atoms with Crippen LogP contribution in [0.15, 0.2) is 23.1 Å². The lowest BCUT2D eigenvalue weighted by Gasteiger charge is -2.06. The predicted molar refractivity (Wildman–Crippen MR) is 61.6 cm³/mol. The summed E-state index contributed by atoms with van der Waals surface area (Å²) in [6.07, 6.45) is 5.92. The maximum Gasteiger partial charge on any atom is 0.120 e. The highest BCUT2D eigenvalue weighted by molar-refractivity contribution is 7.99. The SMILES string of the molecule is C#CCCSc1cc(OC)ccc1N. The van der Waals surface area contributed by atoms with Crippen LogP contribution in [0.2, 0.25) is 0 Å². The Balaban J connectivity index is 2.69. The molecule has 0 atom stereocenters. The number of hydrogen-bond donors (Lipinski definition) is 1. The van der Waals surface area contributed by atoms with Crippen molar-refractivity contribution >= 4 is 17.4 Å². The lowest BCUT2D eigenvalue weighted by molar-refractivity contribution is 0.414. The van der Waals surface area contributed by atoms with Gasteiger partial charge in [0.2, 0.25) is 0 Å². The van der Waals surface area contributed by atoms with Gasteiger partial charge in [-0.25, -0.2) is 0 Å². The molecule has 0 aliphatic carbocycles. The molecule has 0 spiro atoms. The molecule has 0 saturated heterocycles. The molecule has 0 unspecified atom stereocenters. The number of nitrogen functional groups attached to an aromatic ring is 1. The van der Waals surface area contributed by atoms with Gasteiger partial charge in [0, 0.05) is 22.8 Å². The summed E-state index contributed by atoms with van der Waals surface area (Å²) >= 11 is 1.65. The van der Waals surface area contributed by atoms with Crippen LogP contribution in [-0.4, -0.2) is 12.9 Å². The summed E-state index contributed by atoms with van der Waals surface area (Å²) in [4.78, 5) is 1.03. The average molecular weight is 207 g/mol. The van der Waals surface area contributed by atoms with Crippen molar-refractivity contribution in [2.24, 2.45) is 0 Å². The highest BCUT2D eigenvalue weighted by Crippen LogP contribution is 2.29. The van der Waals surface area contributed by atoms with Gasteiger partial charge < -0.3 is 10.5 Å². The molecule has 3 heteroatoms. The van der Waals surface area contributed by atoms with E-state index in [-0.39, 0.29) is 0 Å². The first-order valence-corrected chi connectivity index (χ1v) is 5.26. The van der Waals surface area contributed by atoms with Crippen molar-refractivity contribution in [1.82, 2.24) is 0 Å². The molecule has 0 radical (unpaired) electrons. The molecule has 0 aromatic heterocycles. The van der Waals surface area contributed by atoms with Gasteiger partial charge in [0.05, 0.1) is 7.11 Å². The minimum absolute atomic E-state index is 0.751. The summed E-state index contributed by atoms with van der Waals surface area (Å²) in [6, 6.07) is 5.62. The van der Waals surface area contributed by atoms with E-state index in [2.05, 4.69) is 5.92 Å². The summed E-state index contributed by atoms with van der Waals surface area (Å²) in [6.45, 7) is 0. The van der Waals surface area contributed by atoms with Crippen molar-refractivity contribution < 1.29 is 4.74 Å². The fourth-order valence-corrected chi connectivity index (χ4v) is 1.86. The summed E-state index contributed by atoms with van der Waals surface area (Å²) in [5.41, 5.74) is 6.57. The minimum Gasteiger partial charge on any atom is -0.497 e. The quantitative estimate of drug-likeness (QED) is 0.356. The van der Waals surface area contributed by atoms with Crippen molar-refractivity contribution in [3.63, 3.8) is 0 Å². The molecule has 0 saturated carbocycles. The average Bonchev–Trinajstić information content (AvgIpc) is 2.21. The van der Waals surface area contributed by atoms with Crippen molar-refractivity contribution in [3.8, 4) is 18.1 Å². The predicted octanol–water partition coefficient (Wildman–Crippen LogP) is 2.39. The Hall–Kier alpha value is -1.27. The zero-order valence-corrected chi connectivity index (χ0v) is 8.93. The number of ether oxygens (including phenoxy) is 1. The molecular formula is C11H13NOS. The van der Waals surface area contributed by atoms with Crippen LogP contribution in [-0.2, 0) is 0 Å². The van der Waals surface area contributed by atoms with E-state index in [1.807, 2.05) is 18.2 Å². The molecule has 74 valence electrons. The maximum atomic E-state index is 5.80. The molecule has 14 heavy (non-hydrogen) atoms. The van der Waals surface area contributed by atoms with E-state index in [0.717, 1.165) is 28.5 Å². The van der Waals surface area contributed by atoms with Gasteiger partial charge in [0.15, 0.2) is 0 Å². The number of rotatable bonds is 4. The fraction of sp³-hybridized carbons (Fsp3) is 0.273. The number of methoxy groups -OCH3 is 1. The second-order valence-electron chi connectivity index (χ2n) is 2.71. The Morgan fingerprint density at radius 1 is 1.57 bits per heavy atom. The Morgan fingerprint density at radius 2 is 2.36 bits per heavy atom. The Bertz CT molecular complexity index is 344. The summed E-state index contributed by atoms with van der Waals surface area (Å²) in [5, 5.41) is 0. The van der Waals surface area contributed by atoms with Crippen LogP contribution in [0.5, 0.6) is 5.75 Å². The largest absolute Gasteiger partial charge is 0.497 e. The first-order valence-electron chi connectivity index (χ1n) is 4.27. The summed E-state index contributed by atoms with van der Waals surface area (Å²) < 4.78 is 5.11. The Morgan fingerprint density at radius 3 is 3.00 bits per heavy atom. The third-order valence-electron chi connectivity index (χ3n) is 1.72. The number of terminal acetylenes is 1. The first kappa shape index (κ1) is 10.8. The molecule has 0 bridgehead atoms. The second-order valence-corrected chi connectivity index (χ2v) is 3.84. The van der Waals surface area contributed by atoms with E-state index in [1.165, 1.54) is 0 Å². The lowest BCUT2D eigenvalue weighted by atomic mass is 10.3.